The van der Waals surface area contributed by atoms with Crippen LogP contribution in [-0.2, 0) is 0 Å². The maximum atomic E-state index is 12.5. The fraction of sp³-hybridized carbons (Fsp3) is 0.200. The molecule has 25 heavy (non-hydrogen) atoms. The third kappa shape index (κ3) is 3.13. The van der Waals surface area contributed by atoms with E-state index in [1.807, 2.05) is 30.3 Å². The molecule has 0 atom stereocenters. The SMILES string of the molecule is O=C(Nc1ccc(N2CCCC2)cn1)c1cc2ccccc2cc1O. The van der Waals surface area contributed by atoms with Gasteiger partial charge in [0.25, 0.3) is 5.91 Å². The summed E-state index contributed by atoms with van der Waals surface area (Å²) in [4.78, 5) is 19.1. The summed E-state index contributed by atoms with van der Waals surface area (Å²) in [6, 6.07) is 14.7. The zero-order valence-electron chi connectivity index (χ0n) is 13.8. The highest BCUT2D eigenvalue weighted by Gasteiger charge is 2.15. The lowest BCUT2D eigenvalue weighted by Crippen LogP contribution is -2.18. The van der Waals surface area contributed by atoms with Crippen LogP contribution in [0.5, 0.6) is 5.75 Å². The average Bonchev–Trinajstić information content (AvgIpc) is 3.16. The van der Waals surface area contributed by atoms with E-state index in [1.54, 1.807) is 24.4 Å². The minimum Gasteiger partial charge on any atom is -0.507 e. The van der Waals surface area contributed by atoms with Crippen molar-refractivity contribution in [2.45, 2.75) is 12.8 Å². The Bertz CT molecular complexity index is 916. The number of nitrogens with one attached hydrogen (secondary N) is 1. The minimum absolute atomic E-state index is 0.0371. The third-order valence-corrected chi connectivity index (χ3v) is 4.57. The number of benzene rings is 2. The molecule has 4 rings (SSSR count). The Kier molecular flexibility index (Phi) is 3.98. The summed E-state index contributed by atoms with van der Waals surface area (Å²) in [7, 11) is 0. The van der Waals surface area contributed by atoms with Crippen LogP contribution >= 0.6 is 0 Å². The first-order chi connectivity index (χ1) is 12.2. The summed E-state index contributed by atoms with van der Waals surface area (Å²) in [5, 5.41) is 14.7. The molecule has 2 N–H and O–H groups in total. The van der Waals surface area contributed by atoms with Gasteiger partial charge in [0.15, 0.2) is 0 Å². The highest BCUT2D eigenvalue weighted by Crippen LogP contribution is 2.26. The van der Waals surface area contributed by atoms with Crippen molar-refractivity contribution in [2.24, 2.45) is 0 Å². The predicted molar refractivity (Wildman–Crippen MR) is 99.3 cm³/mol. The van der Waals surface area contributed by atoms with Crippen LogP contribution < -0.4 is 10.2 Å². The molecule has 126 valence electrons. The zero-order valence-corrected chi connectivity index (χ0v) is 13.8. The third-order valence-electron chi connectivity index (χ3n) is 4.57. The Balaban J connectivity index is 1.54. The Morgan fingerprint density at radius 2 is 1.76 bits per heavy atom. The molecule has 0 aliphatic carbocycles. The maximum Gasteiger partial charge on any atom is 0.260 e. The predicted octanol–water partition coefficient (Wildman–Crippen LogP) is 3.79. The molecule has 1 aromatic heterocycles. The van der Waals surface area contributed by atoms with Crippen molar-refractivity contribution >= 4 is 28.2 Å². The van der Waals surface area contributed by atoms with Crippen molar-refractivity contribution in [1.82, 2.24) is 4.98 Å². The molecule has 1 saturated heterocycles. The van der Waals surface area contributed by atoms with E-state index in [0.717, 1.165) is 29.5 Å². The molecule has 5 heteroatoms. The van der Waals surface area contributed by atoms with Gasteiger partial charge in [0.2, 0.25) is 0 Å². The van der Waals surface area contributed by atoms with Gasteiger partial charge in [-0.1, -0.05) is 24.3 Å². The lowest BCUT2D eigenvalue weighted by molar-refractivity contribution is 0.102. The van der Waals surface area contributed by atoms with Gasteiger partial charge < -0.3 is 15.3 Å². The fourth-order valence-corrected chi connectivity index (χ4v) is 3.22. The Morgan fingerprint density at radius 3 is 2.44 bits per heavy atom. The number of nitrogens with zero attached hydrogens (tertiary/aromatic N) is 2. The summed E-state index contributed by atoms with van der Waals surface area (Å²) < 4.78 is 0. The number of carbonyl (C=O) groups excluding carboxylic acids is 1. The molecule has 1 fully saturated rings. The molecule has 1 aliphatic rings. The molecule has 2 heterocycles. The van der Waals surface area contributed by atoms with Crippen molar-refractivity contribution in [3.8, 4) is 5.75 Å². The highest BCUT2D eigenvalue weighted by atomic mass is 16.3. The number of phenolic OH excluding ortho intramolecular Hbond substituents is 1. The molecule has 1 aliphatic heterocycles. The van der Waals surface area contributed by atoms with Crippen LogP contribution in [0, 0.1) is 0 Å². The van der Waals surface area contributed by atoms with Crippen LogP contribution in [0.15, 0.2) is 54.7 Å². The van der Waals surface area contributed by atoms with Gasteiger partial charge >= 0.3 is 0 Å². The summed E-state index contributed by atoms with van der Waals surface area (Å²) in [6.45, 7) is 2.11. The minimum atomic E-state index is -0.371. The number of carbonyl (C=O) groups is 1. The summed E-state index contributed by atoms with van der Waals surface area (Å²) in [5.74, 6) is 0.0649. The number of aromatic hydroxyl groups is 1. The van der Waals surface area contributed by atoms with Crippen molar-refractivity contribution in [3.05, 3.63) is 60.3 Å². The number of rotatable bonds is 3. The van der Waals surface area contributed by atoms with Crippen molar-refractivity contribution in [2.75, 3.05) is 23.3 Å². The lowest BCUT2D eigenvalue weighted by atomic mass is 10.1. The molecular formula is C20H19N3O2. The molecule has 0 unspecified atom stereocenters. The van der Waals surface area contributed by atoms with E-state index < -0.39 is 0 Å². The van der Waals surface area contributed by atoms with Crippen LogP contribution in [0.3, 0.4) is 0 Å². The number of fused-ring (bicyclic) bond motifs is 1. The molecule has 0 bridgehead atoms. The van der Waals surface area contributed by atoms with Crippen molar-refractivity contribution in [3.63, 3.8) is 0 Å². The molecular weight excluding hydrogens is 314 g/mol. The molecule has 0 spiro atoms. The molecule has 0 saturated carbocycles. The van der Waals surface area contributed by atoms with Crippen LogP contribution in [0.1, 0.15) is 23.2 Å². The first kappa shape index (κ1) is 15.4. The first-order valence-corrected chi connectivity index (χ1v) is 8.45. The summed E-state index contributed by atoms with van der Waals surface area (Å²) in [5.41, 5.74) is 1.31. The summed E-state index contributed by atoms with van der Waals surface area (Å²) >= 11 is 0. The van der Waals surface area contributed by atoms with Gasteiger partial charge in [-0.05, 0) is 47.9 Å². The maximum absolute atomic E-state index is 12.5. The first-order valence-electron chi connectivity index (χ1n) is 8.45. The topological polar surface area (TPSA) is 65.5 Å². The number of hydrogen-bond acceptors (Lipinski definition) is 4. The van der Waals surface area contributed by atoms with E-state index in [1.165, 1.54) is 12.8 Å². The number of hydrogen-bond donors (Lipinski definition) is 2. The van der Waals surface area contributed by atoms with Crippen molar-refractivity contribution < 1.29 is 9.90 Å². The Hall–Kier alpha value is -3.08. The van der Waals surface area contributed by atoms with Gasteiger partial charge in [-0.2, -0.15) is 0 Å². The average molecular weight is 333 g/mol. The Morgan fingerprint density at radius 1 is 1.04 bits per heavy atom. The van der Waals surface area contributed by atoms with Gasteiger partial charge in [0.1, 0.15) is 11.6 Å². The Labute approximate surface area is 145 Å². The zero-order chi connectivity index (χ0) is 17.2. The molecule has 0 radical (unpaired) electrons. The second-order valence-corrected chi connectivity index (χ2v) is 6.27. The monoisotopic (exact) mass is 333 g/mol. The van der Waals surface area contributed by atoms with Gasteiger partial charge in [0, 0.05) is 13.1 Å². The smallest absolute Gasteiger partial charge is 0.260 e. The number of phenols is 1. The van der Waals surface area contributed by atoms with E-state index in [-0.39, 0.29) is 17.2 Å². The van der Waals surface area contributed by atoms with Gasteiger partial charge in [-0.25, -0.2) is 4.98 Å². The highest BCUT2D eigenvalue weighted by molar-refractivity contribution is 6.08. The van der Waals surface area contributed by atoms with Gasteiger partial charge in [0.05, 0.1) is 17.4 Å². The van der Waals surface area contributed by atoms with E-state index in [0.29, 0.717) is 5.82 Å². The number of aromatic nitrogens is 1. The standard InChI is InChI=1S/C20H19N3O2/c24-18-12-15-6-2-1-5-14(15)11-17(18)20(25)22-19-8-7-16(13-21-19)23-9-3-4-10-23/h1-2,5-8,11-13,24H,3-4,9-10H2,(H,21,22,25). The van der Waals surface area contributed by atoms with Crippen LogP contribution in [0.25, 0.3) is 10.8 Å². The molecule has 1 amide bonds. The van der Waals surface area contributed by atoms with Crippen molar-refractivity contribution in [1.29, 1.82) is 0 Å². The normalized spacial score (nSPS) is 14.0. The molecule has 3 aromatic rings. The van der Waals surface area contributed by atoms with Crippen LogP contribution in [-0.4, -0.2) is 29.1 Å². The van der Waals surface area contributed by atoms with Gasteiger partial charge in [-0.15, -0.1) is 0 Å². The molecule has 5 nitrogen and oxygen atoms in total. The van der Waals surface area contributed by atoms with E-state index in [9.17, 15) is 9.90 Å². The number of anilines is 2. The van der Waals surface area contributed by atoms with E-state index in [2.05, 4.69) is 15.2 Å². The van der Waals surface area contributed by atoms with Gasteiger partial charge in [-0.3, -0.25) is 4.79 Å². The van der Waals surface area contributed by atoms with E-state index in [4.69, 9.17) is 0 Å². The number of pyridine rings is 1. The summed E-state index contributed by atoms with van der Waals surface area (Å²) in [6.07, 6.45) is 4.20. The number of amides is 1. The second-order valence-electron chi connectivity index (χ2n) is 6.27. The quantitative estimate of drug-likeness (QED) is 0.765. The fourth-order valence-electron chi connectivity index (χ4n) is 3.22. The van der Waals surface area contributed by atoms with E-state index >= 15 is 0 Å². The molecule has 2 aromatic carbocycles. The largest absolute Gasteiger partial charge is 0.507 e. The van der Waals surface area contributed by atoms with Crippen LogP contribution in [0.4, 0.5) is 11.5 Å². The van der Waals surface area contributed by atoms with Crippen LogP contribution in [0.2, 0.25) is 0 Å². The lowest BCUT2D eigenvalue weighted by Gasteiger charge is -2.17. The second kappa shape index (κ2) is 6.43.